The van der Waals surface area contributed by atoms with Crippen LogP contribution in [0.25, 0.3) is 0 Å². The summed E-state index contributed by atoms with van der Waals surface area (Å²) in [6, 6.07) is 5.82. The van der Waals surface area contributed by atoms with Crippen LogP contribution in [0.4, 0.5) is 5.69 Å². The van der Waals surface area contributed by atoms with Crippen molar-refractivity contribution in [1.29, 1.82) is 5.41 Å². The summed E-state index contributed by atoms with van der Waals surface area (Å²) in [5.74, 6) is 1.77. The van der Waals surface area contributed by atoms with Crippen LogP contribution in [0.5, 0.6) is 0 Å². The fraction of sp³-hybridized carbons (Fsp3) is 0.562. The molecule has 2 aliphatic rings. The molecule has 108 valence electrons. The van der Waals surface area contributed by atoms with Gasteiger partial charge in [-0.1, -0.05) is 36.9 Å². The molecule has 1 aromatic carbocycles. The van der Waals surface area contributed by atoms with Crippen molar-refractivity contribution in [2.24, 2.45) is 17.6 Å². The van der Waals surface area contributed by atoms with E-state index in [-0.39, 0.29) is 5.84 Å². The number of rotatable bonds is 2. The third-order valence-corrected chi connectivity index (χ3v) is 5.21. The third-order valence-electron chi connectivity index (χ3n) is 4.89. The highest BCUT2D eigenvalue weighted by molar-refractivity contribution is 6.34. The zero-order chi connectivity index (χ0) is 14.1. The topological polar surface area (TPSA) is 53.1 Å². The highest BCUT2D eigenvalue weighted by Crippen LogP contribution is 2.38. The first kappa shape index (κ1) is 13.7. The minimum atomic E-state index is 0.0661. The first-order chi connectivity index (χ1) is 9.66. The van der Waals surface area contributed by atoms with Crippen molar-refractivity contribution in [3.63, 3.8) is 0 Å². The molecule has 20 heavy (non-hydrogen) atoms. The van der Waals surface area contributed by atoms with E-state index in [0.29, 0.717) is 10.6 Å². The normalized spacial score (nSPS) is 26.1. The number of nitrogen functional groups attached to an aromatic ring is 1. The maximum atomic E-state index is 7.78. The Balaban J connectivity index is 1.86. The molecule has 0 aromatic heterocycles. The van der Waals surface area contributed by atoms with Gasteiger partial charge in [0.2, 0.25) is 0 Å². The number of nitrogens with one attached hydrogen (secondary N) is 1. The first-order valence-corrected chi connectivity index (χ1v) is 7.92. The van der Waals surface area contributed by atoms with Crippen LogP contribution in [0.1, 0.15) is 37.7 Å². The summed E-state index contributed by atoms with van der Waals surface area (Å²) in [6.07, 6.45) is 6.76. The maximum Gasteiger partial charge on any atom is 0.126 e. The average molecular weight is 292 g/mol. The van der Waals surface area contributed by atoms with Crippen LogP contribution in [0.2, 0.25) is 5.02 Å². The van der Waals surface area contributed by atoms with Crippen LogP contribution in [-0.4, -0.2) is 18.9 Å². The molecule has 1 saturated heterocycles. The molecule has 1 saturated carbocycles. The molecule has 1 aromatic rings. The molecule has 2 atom stereocenters. The largest absolute Gasteiger partial charge is 0.384 e. The fourth-order valence-corrected chi connectivity index (χ4v) is 4.13. The van der Waals surface area contributed by atoms with Crippen LogP contribution in [0.15, 0.2) is 18.2 Å². The fourth-order valence-electron chi connectivity index (χ4n) is 3.86. The number of hydrogen-bond donors (Lipinski definition) is 2. The lowest BCUT2D eigenvalue weighted by Crippen LogP contribution is -2.42. The van der Waals surface area contributed by atoms with E-state index in [1.807, 2.05) is 18.2 Å². The molecular formula is C16H22ClN3. The van der Waals surface area contributed by atoms with Crippen molar-refractivity contribution in [2.75, 3.05) is 18.0 Å². The van der Waals surface area contributed by atoms with Crippen LogP contribution >= 0.6 is 11.6 Å². The lowest BCUT2D eigenvalue weighted by Gasteiger charge is -2.42. The van der Waals surface area contributed by atoms with E-state index in [4.69, 9.17) is 22.7 Å². The van der Waals surface area contributed by atoms with Gasteiger partial charge in [-0.2, -0.15) is 0 Å². The molecule has 0 spiro atoms. The number of nitrogens with zero attached hydrogens (tertiary/aromatic N) is 1. The molecule has 0 bridgehead atoms. The Hall–Kier alpha value is -1.22. The maximum absolute atomic E-state index is 7.78. The summed E-state index contributed by atoms with van der Waals surface area (Å²) in [5, 5.41) is 8.37. The first-order valence-electron chi connectivity index (χ1n) is 7.54. The molecule has 2 unspecified atom stereocenters. The van der Waals surface area contributed by atoms with Gasteiger partial charge in [0, 0.05) is 18.8 Å². The molecule has 3 nitrogen and oxygen atoms in total. The summed E-state index contributed by atoms with van der Waals surface area (Å²) >= 11 is 6.23. The highest BCUT2D eigenvalue weighted by atomic mass is 35.5. The number of hydrogen-bond acceptors (Lipinski definition) is 2. The van der Waals surface area contributed by atoms with Gasteiger partial charge in [0.15, 0.2) is 0 Å². The summed E-state index contributed by atoms with van der Waals surface area (Å²) in [6.45, 7) is 2.15. The Bertz CT molecular complexity index is 514. The Morgan fingerprint density at radius 2 is 1.95 bits per heavy atom. The van der Waals surface area contributed by atoms with Crippen molar-refractivity contribution in [2.45, 2.75) is 32.1 Å². The van der Waals surface area contributed by atoms with E-state index in [1.165, 1.54) is 32.1 Å². The minimum absolute atomic E-state index is 0.0661. The zero-order valence-corrected chi connectivity index (χ0v) is 12.5. The number of anilines is 1. The molecular weight excluding hydrogens is 270 g/mol. The quantitative estimate of drug-likeness (QED) is 0.645. The van der Waals surface area contributed by atoms with Gasteiger partial charge >= 0.3 is 0 Å². The second kappa shape index (κ2) is 5.65. The number of benzene rings is 1. The van der Waals surface area contributed by atoms with Gasteiger partial charge < -0.3 is 10.6 Å². The van der Waals surface area contributed by atoms with Gasteiger partial charge in [-0.05, 0) is 36.8 Å². The van der Waals surface area contributed by atoms with Crippen LogP contribution in [0, 0.1) is 17.2 Å². The number of halogens is 1. The number of piperidine rings is 1. The van der Waals surface area contributed by atoms with E-state index >= 15 is 0 Å². The minimum Gasteiger partial charge on any atom is -0.384 e. The van der Waals surface area contributed by atoms with Crippen LogP contribution in [-0.2, 0) is 0 Å². The van der Waals surface area contributed by atoms with Crippen molar-refractivity contribution in [3.05, 3.63) is 28.8 Å². The van der Waals surface area contributed by atoms with E-state index in [0.717, 1.165) is 30.6 Å². The second-order valence-corrected chi connectivity index (χ2v) is 6.49. The van der Waals surface area contributed by atoms with E-state index in [2.05, 4.69) is 4.90 Å². The van der Waals surface area contributed by atoms with Crippen LogP contribution in [0.3, 0.4) is 0 Å². The Labute approximate surface area is 125 Å². The smallest absolute Gasteiger partial charge is 0.126 e. The highest BCUT2D eigenvalue weighted by Gasteiger charge is 2.32. The third kappa shape index (κ3) is 2.51. The lowest BCUT2D eigenvalue weighted by molar-refractivity contribution is 0.202. The van der Waals surface area contributed by atoms with Gasteiger partial charge in [-0.3, -0.25) is 5.41 Å². The molecule has 0 radical (unpaired) electrons. The average Bonchev–Trinajstić information content (AvgIpc) is 2.46. The number of fused-ring (bicyclic) bond motifs is 1. The molecule has 3 N–H and O–H groups in total. The SMILES string of the molecule is N=C(N)c1c(Cl)cccc1N1CCC2CCCCC2C1. The van der Waals surface area contributed by atoms with Gasteiger partial charge in [0.25, 0.3) is 0 Å². The Morgan fingerprint density at radius 1 is 1.20 bits per heavy atom. The van der Waals surface area contributed by atoms with E-state index in [9.17, 15) is 0 Å². The lowest BCUT2D eigenvalue weighted by atomic mass is 9.75. The Kier molecular flexibility index (Phi) is 3.88. The van der Waals surface area contributed by atoms with Crippen molar-refractivity contribution in [3.8, 4) is 0 Å². The number of nitrogens with two attached hydrogens (primary N) is 1. The van der Waals surface area contributed by atoms with Gasteiger partial charge in [-0.25, -0.2) is 0 Å². The van der Waals surface area contributed by atoms with Crippen LogP contribution < -0.4 is 10.6 Å². The summed E-state index contributed by atoms with van der Waals surface area (Å²) in [7, 11) is 0. The molecule has 1 heterocycles. The summed E-state index contributed by atoms with van der Waals surface area (Å²) < 4.78 is 0. The number of amidine groups is 1. The molecule has 2 fully saturated rings. The molecule has 3 rings (SSSR count). The standard InChI is InChI=1S/C16H22ClN3/c17-13-6-3-7-14(15(13)16(18)19)20-9-8-11-4-1-2-5-12(11)10-20/h3,6-7,11-12H,1-2,4-5,8-10H2,(H3,18,19). The van der Waals surface area contributed by atoms with Gasteiger partial charge in [0.05, 0.1) is 10.6 Å². The van der Waals surface area contributed by atoms with Gasteiger partial charge in [-0.15, -0.1) is 0 Å². The molecule has 0 amide bonds. The predicted octanol–water partition coefficient (Wildman–Crippen LogP) is 3.64. The second-order valence-electron chi connectivity index (χ2n) is 6.09. The summed E-state index contributed by atoms with van der Waals surface area (Å²) in [4.78, 5) is 2.38. The van der Waals surface area contributed by atoms with E-state index < -0.39 is 0 Å². The van der Waals surface area contributed by atoms with Gasteiger partial charge in [0.1, 0.15) is 5.84 Å². The summed E-state index contributed by atoms with van der Waals surface area (Å²) in [5.41, 5.74) is 7.46. The predicted molar refractivity (Wildman–Crippen MR) is 84.7 cm³/mol. The van der Waals surface area contributed by atoms with Crippen molar-refractivity contribution in [1.82, 2.24) is 0 Å². The van der Waals surface area contributed by atoms with E-state index in [1.54, 1.807) is 0 Å². The van der Waals surface area contributed by atoms with Crippen molar-refractivity contribution >= 4 is 23.1 Å². The molecule has 1 aliphatic carbocycles. The molecule has 4 heteroatoms. The monoisotopic (exact) mass is 291 g/mol. The van der Waals surface area contributed by atoms with Crippen molar-refractivity contribution < 1.29 is 0 Å². The molecule has 1 aliphatic heterocycles. The Morgan fingerprint density at radius 3 is 2.70 bits per heavy atom. The zero-order valence-electron chi connectivity index (χ0n) is 11.7.